The highest BCUT2D eigenvalue weighted by molar-refractivity contribution is 9.10. The number of nitrogens with one attached hydrogen (secondary N) is 1. The van der Waals surface area contributed by atoms with Crippen LogP contribution in [0, 0.1) is 0 Å². The Kier molecular flexibility index (Phi) is 8.87. The van der Waals surface area contributed by atoms with E-state index in [9.17, 15) is 9.59 Å². The molecule has 200 valence electrons. The number of carbonyl (C=O) groups excluding carboxylic acids is 2. The molecule has 9 nitrogen and oxygen atoms in total. The molecule has 2 heterocycles. The lowest BCUT2D eigenvalue weighted by molar-refractivity contribution is -0.160. The number of amides is 1. The van der Waals surface area contributed by atoms with Crippen LogP contribution in [-0.2, 0) is 20.8 Å². The van der Waals surface area contributed by atoms with Crippen molar-refractivity contribution < 1.29 is 23.8 Å². The molecular weight excluding hydrogens is 564 g/mol. The molecule has 0 saturated carbocycles. The monoisotopic (exact) mass is 594 g/mol. The van der Waals surface area contributed by atoms with Crippen molar-refractivity contribution in [2.45, 2.75) is 65.3 Å². The predicted octanol–water partition coefficient (Wildman–Crippen LogP) is 5.16. The number of pyridine rings is 1. The van der Waals surface area contributed by atoms with Gasteiger partial charge >= 0.3 is 5.97 Å². The third-order valence-corrected chi connectivity index (χ3v) is 6.08. The van der Waals surface area contributed by atoms with Crippen molar-refractivity contribution in [1.82, 2.24) is 20.1 Å². The molecule has 0 aliphatic heterocycles. The minimum absolute atomic E-state index is 0.0641. The molecule has 0 unspecified atom stereocenters. The number of halogens is 2. The van der Waals surface area contributed by atoms with E-state index in [0.29, 0.717) is 5.69 Å². The van der Waals surface area contributed by atoms with Crippen LogP contribution in [0.4, 0.5) is 0 Å². The van der Waals surface area contributed by atoms with Crippen molar-refractivity contribution in [3.05, 3.63) is 51.2 Å². The average molecular weight is 596 g/mol. The normalized spacial score (nSPS) is 12.9. The zero-order valence-electron chi connectivity index (χ0n) is 22.0. The molecule has 0 spiro atoms. The Hall–Kier alpha value is -2.69. The summed E-state index contributed by atoms with van der Waals surface area (Å²) in [4.78, 5) is 30.5. The van der Waals surface area contributed by atoms with Crippen LogP contribution in [0.15, 0.2) is 34.9 Å². The number of carbonyl (C=O) groups is 2. The zero-order valence-corrected chi connectivity index (χ0v) is 24.4. The highest BCUT2D eigenvalue weighted by atomic mass is 79.9. The summed E-state index contributed by atoms with van der Waals surface area (Å²) in [6.45, 7) is 11.0. The zero-order chi connectivity index (χ0) is 27.5. The van der Waals surface area contributed by atoms with E-state index in [1.165, 1.54) is 13.2 Å². The van der Waals surface area contributed by atoms with Crippen molar-refractivity contribution >= 4 is 50.3 Å². The van der Waals surface area contributed by atoms with Gasteiger partial charge in [0.25, 0.3) is 5.91 Å². The van der Waals surface area contributed by atoms with E-state index in [-0.39, 0.29) is 29.6 Å². The molecule has 0 aliphatic carbocycles. The smallest absolute Gasteiger partial charge is 0.331 e. The molecule has 3 aromatic rings. The second-order valence-electron chi connectivity index (χ2n) is 10.4. The van der Waals surface area contributed by atoms with Crippen LogP contribution in [0.5, 0.6) is 5.88 Å². The molecule has 37 heavy (non-hydrogen) atoms. The standard InChI is InChI=1S/C26H32BrClN4O5/c1-25(2,3)36-14-20(24(34)37-26(4,5)6)30-22(33)15-11-18(28)19(31-23(15)35-7)13-32-21-10-8-9-17(27)16(21)12-29-32/h8-12,20H,13-14H2,1-7H3,(H,30,33)/t20-/m0/s1. The fourth-order valence-corrected chi connectivity index (χ4v) is 4.05. The SMILES string of the molecule is COc1nc(Cn2ncc3c(Br)cccc32)c(Cl)cc1C(=O)N[C@@H](COC(C)(C)C)C(=O)OC(C)(C)C. The van der Waals surface area contributed by atoms with Crippen LogP contribution < -0.4 is 10.1 Å². The number of methoxy groups -OCH3 is 1. The molecule has 0 aliphatic rings. The van der Waals surface area contributed by atoms with Gasteiger partial charge in [0.05, 0.1) is 48.3 Å². The number of aromatic nitrogens is 3. The maximum absolute atomic E-state index is 13.2. The molecule has 11 heteroatoms. The Bertz CT molecular complexity index is 1300. The Morgan fingerprint density at radius 3 is 2.49 bits per heavy atom. The van der Waals surface area contributed by atoms with Crippen LogP contribution >= 0.6 is 27.5 Å². The fourth-order valence-electron chi connectivity index (χ4n) is 3.38. The number of hydrogen-bond donors (Lipinski definition) is 1. The van der Waals surface area contributed by atoms with Gasteiger partial charge in [-0.1, -0.05) is 33.6 Å². The second-order valence-corrected chi connectivity index (χ2v) is 11.7. The molecule has 0 saturated heterocycles. The van der Waals surface area contributed by atoms with Crippen LogP contribution in [0.25, 0.3) is 10.9 Å². The number of hydrogen-bond acceptors (Lipinski definition) is 7. The fraction of sp³-hybridized carbons (Fsp3) is 0.462. The molecule has 1 atom stereocenters. The number of esters is 1. The largest absolute Gasteiger partial charge is 0.480 e. The number of nitrogens with zero attached hydrogens (tertiary/aromatic N) is 3. The molecule has 2 aromatic heterocycles. The molecule has 0 radical (unpaired) electrons. The van der Waals surface area contributed by atoms with Gasteiger partial charge < -0.3 is 19.5 Å². The van der Waals surface area contributed by atoms with E-state index < -0.39 is 29.1 Å². The highest BCUT2D eigenvalue weighted by Crippen LogP contribution is 2.27. The summed E-state index contributed by atoms with van der Waals surface area (Å²) in [7, 11) is 1.41. The van der Waals surface area contributed by atoms with Gasteiger partial charge in [0.15, 0.2) is 6.04 Å². The molecule has 3 rings (SSSR count). The summed E-state index contributed by atoms with van der Waals surface area (Å²) < 4.78 is 19.3. The summed E-state index contributed by atoms with van der Waals surface area (Å²) in [5.41, 5.74) is 0.181. The van der Waals surface area contributed by atoms with Crippen molar-refractivity contribution in [2.75, 3.05) is 13.7 Å². The first-order valence-corrected chi connectivity index (χ1v) is 12.9. The van der Waals surface area contributed by atoms with E-state index in [1.54, 1.807) is 31.6 Å². The summed E-state index contributed by atoms with van der Waals surface area (Å²) in [5.74, 6) is -1.15. The maximum Gasteiger partial charge on any atom is 0.331 e. The van der Waals surface area contributed by atoms with E-state index in [0.717, 1.165) is 15.4 Å². The minimum atomic E-state index is -1.05. The van der Waals surface area contributed by atoms with Crippen LogP contribution in [-0.4, -0.2) is 57.6 Å². The van der Waals surface area contributed by atoms with Gasteiger partial charge in [-0.3, -0.25) is 9.48 Å². The van der Waals surface area contributed by atoms with Crippen LogP contribution in [0.3, 0.4) is 0 Å². The topological polar surface area (TPSA) is 105 Å². The summed E-state index contributed by atoms with van der Waals surface area (Å²) >= 11 is 10.1. The lowest BCUT2D eigenvalue weighted by Gasteiger charge is -2.27. The Balaban J connectivity index is 1.87. The van der Waals surface area contributed by atoms with Crippen molar-refractivity contribution in [3.63, 3.8) is 0 Å². The lowest BCUT2D eigenvalue weighted by atomic mass is 10.1. The molecule has 1 aromatic carbocycles. The van der Waals surface area contributed by atoms with Gasteiger partial charge in [0.1, 0.15) is 11.2 Å². The molecular formula is C26H32BrClN4O5. The molecule has 0 bridgehead atoms. The summed E-state index contributed by atoms with van der Waals surface area (Å²) in [6.07, 6.45) is 1.75. The first-order valence-electron chi connectivity index (χ1n) is 11.7. The maximum atomic E-state index is 13.2. The first kappa shape index (κ1) is 28.9. The summed E-state index contributed by atoms with van der Waals surface area (Å²) in [5, 5.41) is 8.33. The third kappa shape index (κ3) is 7.66. The lowest BCUT2D eigenvalue weighted by Crippen LogP contribution is -2.48. The van der Waals surface area contributed by atoms with Crippen LogP contribution in [0.1, 0.15) is 57.6 Å². The molecule has 1 amide bonds. The minimum Gasteiger partial charge on any atom is -0.480 e. The van der Waals surface area contributed by atoms with Gasteiger partial charge in [0.2, 0.25) is 5.88 Å². The van der Waals surface area contributed by atoms with Crippen molar-refractivity contribution in [3.8, 4) is 5.88 Å². The first-order chi connectivity index (χ1) is 17.2. The number of ether oxygens (including phenoxy) is 3. The predicted molar refractivity (Wildman–Crippen MR) is 145 cm³/mol. The van der Waals surface area contributed by atoms with Crippen molar-refractivity contribution in [1.29, 1.82) is 0 Å². The van der Waals surface area contributed by atoms with E-state index in [4.69, 9.17) is 25.8 Å². The average Bonchev–Trinajstić information content (AvgIpc) is 3.19. The van der Waals surface area contributed by atoms with Gasteiger partial charge in [-0.15, -0.1) is 0 Å². The van der Waals surface area contributed by atoms with E-state index in [1.807, 2.05) is 39.0 Å². The Morgan fingerprint density at radius 2 is 1.86 bits per heavy atom. The molecule has 1 N–H and O–H groups in total. The highest BCUT2D eigenvalue weighted by Gasteiger charge is 2.30. The van der Waals surface area contributed by atoms with E-state index >= 15 is 0 Å². The third-order valence-electron chi connectivity index (χ3n) is 5.07. The Labute approximate surface area is 229 Å². The van der Waals surface area contributed by atoms with Crippen molar-refractivity contribution in [2.24, 2.45) is 0 Å². The number of benzene rings is 1. The van der Waals surface area contributed by atoms with E-state index in [2.05, 4.69) is 31.3 Å². The number of fused-ring (bicyclic) bond motifs is 1. The Morgan fingerprint density at radius 1 is 1.16 bits per heavy atom. The van der Waals surface area contributed by atoms with Crippen LogP contribution in [0.2, 0.25) is 5.02 Å². The number of rotatable bonds is 8. The molecule has 0 fully saturated rings. The van der Waals surface area contributed by atoms with Gasteiger partial charge in [0, 0.05) is 9.86 Å². The van der Waals surface area contributed by atoms with Gasteiger partial charge in [-0.05, 0) is 59.7 Å². The van der Waals surface area contributed by atoms with Gasteiger partial charge in [-0.25, -0.2) is 9.78 Å². The quantitative estimate of drug-likeness (QED) is 0.359. The second kappa shape index (κ2) is 11.4. The summed E-state index contributed by atoms with van der Waals surface area (Å²) in [6, 6.07) is 6.21. The van der Waals surface area contributed by atoms with Gasteiger partial charge in [-0.2, -0.15) is 5.10 Å².